The Morgan fingerprint density at radius 2 is 2.04 bits per heavy atom. The Morgan fingerprint density at radius 3 is 2.70 bits per heavy atom. The van der Waals surface area contributed by atoms with Crippen molar-refractivity contribution in [2.45, 2.75) is 31.6 Å². The lowest BCUT2D eigenvalue weighted by atomic mass is 9.94. The van der Waals surface area contributed by atoms with Gasteiger partial charge in [-0.1, -0.05) is 0 Å². The number of piperidine rings is 1. The summed E-state index contributed by atoms with van der Waals surface area (Å²) in [6.45, 7) is 0.151. The number of rotatable bonds is 5. The summed E-state index contributed by atoms with van der Waals surface area (Å²) in [7, 11) is 0. The molecule has 1 aliphatic heterocycles. The number of carbonyl (C=O) groups excluding carboxylic acids is 1. The number of carbonyl (C=O) groups is 1. The number of urea groups is 1. The van der Waals surface area contributed by atoms with Gasteiger partial charge in [0.25, 0.3) is 5.92 Å². The minimum atomic E-state index is -2.79. The highest BCUT2D eigenvalue weighted by Gasteiger charge is 2.41. The monoisotopic (exact) mass is 325 g/mol. The molecule has 2 heterocycles. The zero-order valence-corrected chi connectivity index (χ0v) is 12.8. The Kier molecular flexibility index (Phi) is 4.70. The highest BCUT2D eigenvalue weighted by molar-refractivity contribution is 5.88. The van der Waals surface area contributed by atoms with Gasteiger partial charge in [0.1, 0.15) is 5.82 Å². The highest BCUT2D eigenvalue weighted by atomic mass is 19.3. The summed E-state index contributed by atoms with van der Waals surface area (Å²) in [5.74, 6) is -2.16. The van der Waals surface area contributed by atoms with Gasteiger partial charge in [0.05, 0.1) is 24.6 Å². The molecule has 0 bridgehead atoms. The van der Waals surface area contributed by atoms with Gasteiger partial charge in [0.15, 0.2) is 0 Å². The van der Waals surface area contributed by atoms with E-state index in [1.54, 1.807) is 12.4 Å². The number of alkyl halides is 2. The van der Waals surface area contributed by atoms with Crippen molar-refractivity contribution in [3.8, 4) is 0 Å². The van der Waals surface area contributed by atoms with E-state index in [-0.39, 0.29) is 13.1 Å². The van der Waals surface area contributed by atoms with Gasteiger partial charge in [-0.15, -0.1) is 0 Å². The lowest BCUT2D eigenvalue weighted by Gasteiger charge is -2.31. The predicted octanol–water partition coefficient (Wildman–Crippen LogP) is 1.80. The van der Waals surface area contributed by atoms with Gasteiger partial charge < -0.3 is 16.0 Å². The molecule has 1 aromatic rings. The molecule has 1 aromatic heterocycles. The number of aromatic nitrogens is 2. The van der Waals surface area contributed by atoms with Crippen molar-refractivity contribution >= 4 is 11.7 Å². The molecule has 2 fully saturated rings. The number of halogens is 2. The molecule has 2 amide bonds. The maximum atomic E-state index is 13.6. The smallest absolute Gasteiger partial charge is 0.319 e. The first-order valence-corrected chi connectivity index (χ1v) is 7.97. The van der Waals surface area contributed by atoms with Gasteiger partial charge in [0.2, 0.25) is 0 Å². The van der Waals surface area contributed by atoms with Crippen LogP contribution in [0.3, 0.4) is 0 Å². The van der Waals surface area contributed by atoms with Crippen molar-refractivity contribution in [2.24, 2.45) is 11.8 Å². The minimum absolute atomic E-state index is 0.0544. The van der Waals surface area contributed by atoms with Crippen molar-refractivity contribution in [1.29, 1.82) is 0 Å². The van der Waals surface area contributed by atoms with Crippen LogP contribution in [0.5, 0.6) is 0 Å². The fourth-order valence-electron chi connectivity index (χ4n) is 2.63. The van der Waals surface area contributed by atoms with Crippen LogP contribution in [0.1, 0.15) is 25.1 Å². The topological polar surface area (TPSA) is 78.9 Å². The normalized spacial score (nSPS) is 23.3. The first-order chi connectivity index (χ1) is 11.0. The summed E-state index contributed by atoms with van der Waals surface area (Å²) in [4.78, 5) is 20.2. The van der Waals surface area contributed by atoms with Crippen LogP contribution >= 0.6 is 0 Å². The van der Waals surface area contributed by atoms with Crippen LogP contribution in [0.25, 0.3) is 0 Å². The average molecular weight is 325 g/mol. The number of amides is 2. The molecule has 1 unspecified atom stereocenters. The molecular weight excluding hydrogens is 304 g/mol. The Balaban J connectivity index is 1.45. The molecule has 6 nitrogen and oxygen atoms in total. The van der Waals surface area contributed by atoms with Crippen LogP contribution in [0.4, 0.5) is 19.3 Å². The summed E-state index contributed by atoms with van der Waals surface area (Å²) < 4.78 is 27.3. The van der Waals surface area contributed by atoms with Crippen LogP contribution in [0, 0.1) is 11.8 Å². The zero-order chi connectivity index (χ0) is 16.3. The maximum absolute atomic E-state index is 13.6. The van der Waals surface area contributed by atoms with E-state index in [9.17, 15) is 13.6 Å². The second kappa shape index (κ2) is 6.74. The predicted molar refractivity (Wildman–Crippen MR) is 81.4 cm³/mol. The highest BCUT2D eigenvalue weighted by Crippen LogP contribution is 2.31. The molecule has 1 saturated heterocycles. The summed E-state index contributed by atoms with van der Waals surface area (Å²) in [6.07, 6.45) is 6.76. The number of hydrogen-bond donors (Lipinski definition) is 3. The summed E-state index contributed by atoms with van der Waals surface area (Å²) >= 11 is 0. The lowest BCUT2D eigenvalue weighted by Crippen LogP contribution is -2.50. The van der Waals surface area contributed by atoms with E-state index in [4.69, 9.17) is 0 Å². The van der Waals surface area contributed by atoms with Crippen LogP contribution < -0.4 is 16.0 Å². The van der Waals surface area contributed by atoms with Crippen molar-refractivity contribution in [2.75, 3.05) is 25.0 Å². The first kappa shape index (κ1) is 16.0. The third-order valence-electron chi connectivity index (χ3n) is 4.27. The van der Waals surface area contributed by atoms with E-state index in [2.05, 4.69) is 25.9 Å². The van der Waals surface area contributed by atoms with Crippen LogP contribution in [0.15, 0.2) is 12.4 Å². The second-order valence-electron chi connectivity index (χ2n) is 6.29. The molecule has 0 spiro atoms. The molecule has 1 saturated carbocycles. The quantitative estimate of drug-likeness (QED) is 0.771. The number of nitrogens with one attached hydrogen (secondary N) is 3. The zero-order valence-electron chi connectivity index (χ0n) is 12.8. The number of anilines is 1. The van der Waals surface area contributed by atoms with Gasteiger partial charge in [-0.2, -0.15) is 0 Å². The fourth-order valence-corrected chi connectivity index (χ4v) is 2.63. The molecular formula is C15H21F2N5O. The largest absolute Gasteiger partial charge is 0.337 e. The molecule has 3 N–H and O–H groups in total. The number of hydrogen-bond acceptors (Lipinski definition) is 4. The van der Waals surface area contributed by atoms with Crippen molar-refractivity contribution in [3.63, 3.8) is 0 Å². The molecule has 1 atom stereocenters. The molecule has 1 aliphatic carbocycles. The SMILES string of the molecule is O=C(NCC1CCNCC1(F)F)Nc1cnc(CC2CC2)nc1. The van der Waals surface area contributed by atoms with Gasteiger partial charge in [-0.3, -0.25) is 0 Å². The third kappa shape index (κ3) is 4.57. The Bertz CT molecular complexity index is 547. The lowest BCUT2D eigenvalue weighted by molar-refractivity contribution is -0.0709. The van der Waals surface area contributed by atoms with E-state index in [0.717, 1.165) is 12.2 Å². The van der Waals surface area contributed by atoms with Gasteiger partial charge in [-0.05, 0) is 31.7 Å². The molecule has 23 heavy (non-hydrogen) atoms. The first-order valence-electron chi connectivity index (χ1n) is 7.97. The van der Waals surface area contributed by atoms with Gasteiger partial charge >= 0.3 is 6.03 Å². The van der Waals surface area contributed by atoms with Gasteiger partial charge in [-0.25, -0.2) is 23.5 Å². The molecule has 3 rings (SSSR count). The van der Waals surface area contributed by atoms with E-state index < -0.39 is 17.9 Å². The molecule has 8 heteroatoms. The van der Waals surface area contributed by atoms with E-state index in [1.165, 1.54) is 12.8 Å². The van der Waals surface area contributed by atoms with Crippen LogP contribution in [0.2, 0.25) is 0 Å². The van der Waals surface area contributed by atoms with Crippen LogP contribution in [-0.4, -0.2) is 41.6 Å². The Morgan fingerprint density at radius 1 is 1.30 bits per heavy atom. The van der Waals surface area contributed by atoms with Crippen LogP contribution in [-0.2, 0) is 6.42 Å². The molecule has 2 aliphatic rings. The van der Waals surface area contributed by atoms with Crippen molar-refractivity contribution < 1.29 is 13.6 Å². The maximum Gasteiger partial charge on any atom is 0.319 e. The molecule has 0 aromatic carbocycles. The molecule has 0 radical (unpaired) electrons. The third-order valence-corrected chi connectivity index (χ3v) is 4.27. The minimum Gasteiger partial charge on any atom is -0.337 e. The van der Waals surface area contributed by atoms with Crippen molar-refractivity contribution in [1.82, 2.24) is 20.6 Å². The Labute approximate surface area is 133 Å². The number of nitrogens with zero attached hydrogens (tertiary/aromatic N) is 2. The summed E-state index contributed by atoms with van der Waals surface area (Å²) in [5, 5.41) is 7.73. The van der Waals surface area contributed by atoms with E-state index in [1.807, 2.05) is 0 Å². The van der Waals surface area contributed by atoms with E-state index >= 15 is 0 Å². The van der Waals surface area contributed by atoms with Gasteiger partial charge in [0, 0.05) is 18.9 Å². The average Bonchev–Trinajstić information content (AvgIpc) is 3.32. The van der Waals surface area contributed by atoms with Crippen molar-refractivity contribution in [3.05, 3.63) is 18.2 Å². The molecule has 126 valence electrons. The summed E-state index contributed by atoms with van der Waals surface area (Å²) in [6, 6.07) is -0.516. The standard InChI is InChI=1S/C15H21F2N5O/c16-15(17)9-18-4-3-11(15)6-21-14(23)22-12-7-19-13(20-8-12)5-10-1-2-10/h7-8,10-11,18H,1-6,9H2,(H2,21,22,23). The second-order valence-corrected chi connectivity index (χ2v) is 6.29. The van der Waals surface area contributed by atoms with E-state index in [0.29, 0.717) is 24.6 Å². The summed E-state index contributed by atoms with van der Waals surface area (Å²) in [5.41, 5.74) is 0.458. The Hall–Kier alpha value is -1.83. The fraction of sp³-hybridized carbons (Fsp3) is 0.667.